The zero-order valence-electron chi connectivity index (χ0n) is 8.34. The molecule has 0 unspecified atom stereocenters. The van der Waals surface area contributed by atoms with Gasteiger partial charge in [-0.25, -0.2) is 0 Å². The number of hydrogen-bond acceptors (Lipinski definition) is 2. The van der Waals surface area contributed by atoms with E-state index in [1.165, 1.54) is 0 Å². The maximum absolute atomic E-state index is 11.1. The molecule has 76 valence electrons. The van der Waals surface area contributed by atoms with Crippen LogP contribution in [-0.4, -0.2) is 18.7 Å². The van der Waals surface area contributed by atoms with Crippen molar-refractivity contribution >= 4 is 12.2 Å². The van der Waals surface area contributed by atoms with E-state index in [0.29, 0.717) is 12.8 Å². The Hall–Kier alpha value is -0.860. The van der Waals surface area contributed by atoms with E-state index in [1.807, 2.05) is 0 Å². The average Bonchev–Trinajstić information content (AvgIpc) is 2.13. The van der Waals surface area contributed by atoms with Gasteiger partial charge in [0.2, 0.25) is 5.91 Å². The van der Waals surface area contributed by atoms with E-state index in [1.54, 1.807) is 0 Å². The van der Waals surface area contributed by atoms with Crippen molar-refractivity contribution in [3.63, 3.8) is 0 Å². The van der Waals surface area contributed by atoms with Gasteiger partial charge in [0.1, 0.15) is 6.29 Å². The number of nitrogens with one attached hydrogen (secondary N) is 1. The highest BCUT2D eigenvalue weighted by Crippen LogP contribution is 1.97. The first kappa shape index (κ1) is 12.1. The molecule has 1 amide bonds. The van der Waals surface area contributed by atoms with E-state index in [4.69, 9.17) is 0 Å². The van der Waals surface area contributed by atoms with Crippen LogP contribution in [0.15, 0.2) is 0 Å². The number of hydrogen-bond donors (Lipinski definition) is 1. The molecule has 0 bridgehead atoms. The lowest BCUT2D eigenvalue weighted by Crippen LogP contribution is -2.23. The molecular weight excluding hydrogens is 166 g/mol. The number of unbranched alkanes of at least 4 members (excludes halogenated alkanes) is 3. The number of aldehydes is 1. The summed E-state index contributed by atoms with van der Waals surface area (Å²) in [5, 5.41) is 2.83. The van der Waals surface area contributed by atoms with Crippen LogP contribution in [0.25, 0.3) is 0 Å². The fraction of sp³-hybridized carbons (Fsp3) is 0.800. The summed E-state index contributed by atoms with van der Waals surface area (Å²) in [6, 6.07) is 0. The summed E-state index contributed by atoms with van der Waals surface area (Å²) >= 11 is 0. The summed E-state index contributed by atoms with van der Waals surface area (Å²) in [5.41, 5.74) is 0. The van der Waals surface area contributed by atoms with Gasteiger partial charge in [-0.05, 0) is 19.3 Å². The van der Waals surface area contributed by atoms with Gasteiger partial charge >= 0.3 is 0 Å². The molecule has 0 aromatic rings. The van der Waals surface area contributed by atoms with E-state index in [9.17, 15) is 9.59 Å². The van der Waals surface area contributed by atoms with Crippen LogP contribution >= 0.6 is 0 Å². The van der Waals surface area contributed by atoms with Crippen molar-refractivity contribution in [3.05, 3.63) is 0 Å². The lowest BCUT2D eigenvalue weighted by Gasteiger charge is -2.02. The number of carbonyl (C=O) groups excluding carboxylic acids is 2. The standard InChI is InChI=1S/C10H19NO2/c1-2-3-8-11-10(13)7-5-4-6-9-12/h9H,2-8H2,1H3,(H,11,13). The fourth-order valence-electron chi connectivity index (χ4n) is 1.01. The van der Waals surface area contributed by atoms with Gasteiger partial charge in [0, 0.05) is 19.4 Å². The largest absolute Gasteiger partial charge is 0.356 e. The first-order valence-corrected chi connectivity index (χ1v) is 5.01. The molecule has 0 saturated heterocycles. The van der Waals surface area contributed by atoms with Crippen molar-refractivity contribution < 1.29 is 9.59 Å². The first-order chi connectivity index (χ1) is 6.31. The van der Waals surface area contributed by atoms with Crippen LogP contribution in [0.2, 0.25) is 0 Å². The van der Waals surface area contributed by atoms with Crippen LogP contribution < -0.4 is 5.32 Å². The average molecular weight is 185 g/mol. The molecule has 3 nitrogen and oxygen atoms in total. The van der Waals surface area contributed by atoms with E-state index in [-0.39, 0.29) is 5.91 Å². The quantitative estimate of drug-likeness (QED) is 0.462. The molecule has 0 heterocycles. The second-order valence-corrected chi connectivity index (χ2v) is 3.12. The van der Waals surface area contributed by atoms with Gasteiger partial charge in [0.25, 0.3) is 0 Å². The number of amides is 1. The van der Waals surface area contributed by atoms with Gasteiger partial charge in [-0.15, -0.1) is 0 Å². The Morgan fingerprint density at radius 2 is 2.08 bits per heavy atom. The van der Waals surface area contributed by atoms with Crippen molar-refractivity contribution in [2.45, 2.75) is 45.4 Å². The lowest BCUT2D eigenvalue weighted by molar-refractivity contribution is -0.121. The predicted octanol–water partition coefficient (Wildman–Crippen LogP) is 1.66. The predicted molar refractivity (Wildman–Crippen MR) is 52.4 cm³/mol. The van der Waals surface area contributed by atoms with Gasteiger partial charge < -0.3 is 10.1 Å². The van der Waals surface area contributed by atoms with Gasteiger partial charge in [0.05, 0.1) is 0 Å². The monoisotopic (exact) mass is 185 g/mol. The highest BCUT2D eigenvalue weighted by molar-refractivity contribution is 5.75. The third kappa shape index (κ3) is 9.05. The maximum atomic E-state index is 11.1. The summed E-state index contributed by atoms with van der Waals surface area (Å²) in [6.07, 6.45) is 5.81. The highest BCUT2D eigenvalue weighted by Gasteiger charge is 1.98. The molecule has 0 atom stereocenters. The molecule has 0 spiro atoms. The molecule has 0 radical (unpaired) electrons. The lowest BCUT2D eigenvalue weighted by atomic mass is 10.2. The van der Waals surface area contributed by atoms with Crippen molar-refractivity contribution in [1.29, 1.82) is 0 Å². The third-order valence-corrected chi connectivity index (χ3v) is 1.83. The van der Waals surface area contributed by atoms with Gasteiger partial charge in [-0.1, -0.05) is 13.3 Å². The highest BCUT2D eigenvalue weighted by atomic mass is 16.1. The Balaban J connectivity index is 3.15. The van der Waals surface area contributed by atoms with Gasteiger partial charge in [-0.2, -0.15) is 0 Å². The summed E-state index contributed by atoms with van der Waals surface area (Å²) in [7, 11) is 0. The molecule has 0 aromatic heterocycles. The van der Waals surface area contributed by atoms with E-state index in [0.717, 1.165) is 38.5 Å². The van der Waals surface area contributed by atoms with Gasteiger partial charge in [0.15, 0.2) is 0 Å². The van der Waals surface area contributed by atoms with Crippen LogP contribution in [-0.2, 0) is 9.59 Å². The number of carbonyl (C=O) groups is 2. The second kappa shape index (κ2) is 9.23. The summed E-state index contributed by atoms with van der Waals surface area (Å²) in [6.45, 7) is 2.87. The molecule has 0 rings (SSSR count). The van der Waals surface area contributed by atoms with Crippen molar-refractivity contribution in [2.24, 2.45) is 0 Å². The van der Waals surface area contributed by atoms with Crippen LogP contribution in [0.4, 0.5) is 0 Å². The van der Waals surface area contributed by atoms with Crippen molar-refractivity contribution in [1.82, 2.24) is 5.32 Å². The van der Waals surface area contributed by atoms with Crippen molar-refractivity contribution in [3.8, 4) is 0 Å². The smallest absolute Gasteiger partial charge is 0.219 e. The molecule has 1 N–H and O–H groups in total. The van der Waals surface area contributed by atoms with Crippen LogP contribution in [0.5, 0.6) is 0 Å². The Bertz CT molecular complexity index is 146. The molecule has 0 fully saturated rings. The maximum Gasteiger partial charge on any atom is 0.219 e. The van der Waals surface area contributed by atoms with Crippen LogP contribution in [0, 0.1) is 0 Å². The minimum absolute atomic E-state index is 0.111. The normalized spacial score (nSPS) is 9.62. The van der Waals surface area contributed by atoms with Crippen LogP contribution in [0.3, 0.4) is 0 Å². The third-order valence-electron chi connectivity index (χ3n) is 1.83. The molecular formula is C10H19NO2. The summed E-state index contributed by atoms with van der Waals surface area (Å²) in [5.74, 6) is 0.111. The fourth-order valence-corrected chi connectivity index (χ4v) is 1.01. The summed E-state index contributed by atoms with van der Waals surface area (Å²) < 4.78 is 0. The Morgan fingerprint density at radius 1 is 1.31 bits per heavy atom. The molecule has 0 aromatic carbocycles. The molecule has 0 saturated carbocycles. The topological polar surface area (TPSA) is 46.2 Å². The zero-order valence-corrected chi connectivity index (χ0v) is 8.34. The molecule has 0 aliphatic rings. The second-order valence-electron chi connectivity index (χ2n) is 3.12. The van der Waals surface area contributed by atoms with E-state index < -0.39 is 0 Å². The first-order valence-electron chi connectivity index (χ1n) is 5.01. The molecule has 13 heavy (non-hydrogen) atoms. The SMILES string of the molecule is CCCCNC(=O)CCCCC=O. The Kier molecular flexibility index (Phi) is 8.62. The van der Waals surface area contributed by atoms with Crippen LogP contribution in [0.1, 0.15) is 45.4 Å². The van der Waals surface area contributed by atoms with Gasteiger partial charge in [-0.3, -0.25) is 4.79 Å². The number of rotatable bonds is 8. The van der Waals surface area contributed by atoms with E-state index >= 15 is 0 Å². The minimum atomic E-state index is 0.111. The Labute approximate surface area is 79.9 Å². The molecule has 3 heteroatoms. The summed E-state index contributed by atoms with van der Waals surface area (Å²) in [4.78, 5) is 21.0. The van der Waals surface area contributed by atoms with Crippen molar-refractivity contribution in [2.75, 3.05) is 6.54 Å². The minimum Gasteiger partial charge on any atom is -0.356 e. The zero-order chi connectivity index (χ0) is 9.94. The van der Waals surface area contributed by atoms with E-state index in [2.05, 4.69) is 12.2 Å². The molecule has 0 aliphatic heterocycles. The Morgan fingerprint density at radius 3 is 2.69 bits per heavy atom. The molecule has 0 aliphatic carbocycles.